The number of halogens is 9. The second kappa shape index (κ2) is 25.9. The van der Waals surface area contributed by atoms with Crippen LogP contribution < -0.4 is 31.0 Å². The number of nitriles is 1. The summed E-state index contributed by atoms with van der Waals surface area (Å²) in [6.45, 7) is 5.02. The van der Waals surface area contributed by atoms with Crippen molar-refractivity contribution in [2.24, 2.45) is 5.73 Å². The van der Waals surface area contributed by atoms with Crippen LogP contribution in [-0.2, 0) is 0 Å². The number of pyridine rings is 3. The van der Waals surface area contributed by atoms with E-state index in [1.165, 1.54) is 94.4 Å². The molecule has 0 saturated carbocycles. The molecule has 5 N–H and O–H groups in total. The lowest BCUT2D eigenvalue weighted by molar-refractivity contribution is 0.0592. The number of rotatable bonds is 12. The third-order valence-corrected chi connectivity index (χ3v) is 14.6. The lowest BCUT2D eigenvalue weighted by Crippen LogP contribution is -2.33. The summed E-state index contributed by atoms with van der Waals surface area (Å²) in [5, 5.41) is 13.5. The Balaban J connectivity index is 0.000000152. The maximum Gasteiger partial charge on any atom is 0.262 e. The molecule has 5 heterocycles. The van der Waals surface area contributed by atoms with E-state index in [1.54, 1.807) is 45.0 Å². The van der Waals surface area contributed by atoms with Gasteiger partial charge >= 0.3 is 0 Å². The van der Waals surface area contributed by atoms with Gasteiger partial charge in [-0.05, 0) is 141 Å². The molecule has 1 aliphatic heterocycles. The molecular formula is C67H49F9N10O5. The van der Waals surface area contributed by atoms with Gasteiger partial charge in [0.15, 0.2) is 0 Å². The number of nitrogens with zero attached hydrogens (tertiary/aromatic N) is 7. The zero-order valence-corrected chi connectivity index (χ0v) is 48.7. The van der Waals surface area contributed by atoms with Gasteiger partial charge in [0.25, 0.3) is 11.8 Å². The zero-order chi connectivity index (χ0) is 65.3. The Labute approximate surface area is 512 Å². The number of ether oxygens (including phenoxy) is 3. The first-order valence-corrected chi connectivity index (χ1v) is 27.4. The van der Waals surface area contributed by atoms with E-state index in [2.05, 4.69) is 30.2 Å². The molecule has 4 aromatic heterocycles. The number of hydrogen-bond donors (Lipinski definition) is 3. The van der Waals surface area contributed by atoms with Crippen molar-refractivity contribution in [2.45, 2.75) is 38.9 Å². The summed E-state index contributed by atoms with van der Waals surface area (Å²) in [5.41, 5.74) is 15.7. The molecule has 91 heavy (non-hydrogen) atoms. The van der Waals surface area contributed by atoms with Crippen molar-refractivity contribution in [3.8, 4) is 56.7 Å². The molecule has 11 aromatic rings. The fraction of sp³-hybridized carbons (Fsp3) is 0.134. The van der Waals surface area contributed by atoms with Crippen molar-refractivity contribution in [3.05, 3.63) is 226 Å². The highest BCUT2D eigenvalue weighted by Gasteiger charge is 2.41. The van der Waals surface area contributed by atoms with Crippen molar-refractivity contribution in [3.63, 3.8) is 0 Å². The summed E-state index contributed by atoms with van der Waals surface area (Å²) < 4.78 is 142. The number of nitrogen functional groups attached to an aromatic ring is 1. The van der Waals surface area contributed by atoms with Crippen LogP contribution in [0.15, 0.2) is 140 Å². The standard InChI is InChI=1S/C26H17F3N2O3.C23H17F3N6O.C18H15F3N2O/c1-13(31-25(32)18-5-3-4-6-19(18)26(31)33)23-22(14-9-16(28)11-17(29)10-14)24(34-2)20-12-15(27)7-8-21(20)30-23;1-11(31-23-17(9-27)22(28)29-10-30-23)20-19(12-5-14(25)7-15(26)6-12)21(33-2)16-8-13(24)3-4-18(16)32-20;1-9(22)17-16(10-5-12(20)7-13(21)6-10)18(24-2)14-8-11(19)3-4-15(14)23-17/h3-13H,1-2H3;3-8,10-11H,1-2H3,(H3,28,29,30,31);3-9H,22H2,1-2H3/t;11-;9-/m.00/s1. The highest BCUT2D eigenvalue weighted by atomic mass is 19.2. The molecule has 1 aliphatic rings. The van der Waals surface area contributed by atoms with Gasteiger partial charge in [0.1, 0.15) is 99.2 Å². The lowest BCUT2D eigenvalue weighted by atomic mass is 9.95. The lowest BCUT2D eigenvalue weighted by Gasteiger charge is -2.26. The zero-order valence-electron chi connectivity index (χ0n) is 48.7. The number of aromatic nitrogens is 5. The van der Waals surface area contributed by atoms with Crippen molar-refractivity contribution < 1.29 is 63.3 Å². The van der Waals surface area contributed by atoms with E-state index < -0.39 is 82.3 Å². The van der Waals surface area contributed by atoms with E-state index in [-0.39, 0.29) is 84.5 Å². The van der Waals surface area contributed by atoms with Gasteiger partial charge in [0, 0.05) is 57.1 Å². The topological polar surface area (TPSA) is 217 Å². The van der Waals surface area contributed by atoms with E-state index >= 15 is 0 Å². The normalized spacial score (nSPS) is 12.8. The molecule has 7 aromatic carbocycles. The molecule has 3 atom stereocenters. The number of carbonyl (C=O) groups excluding carboxylic acids is 2. The summed E-state index contributed by atoms with van der Waals surface area (Å²) in [6.07, 6.45) is 1.20. The number of hydrogen-bond acceptors (Lipinski definition) is 14. The summed E-state index contributed by atoms with van der Waals surface area (Å²) in [6, 6.07) is 27.2. The molecular weight excluding hydrogens is 1200 g/mol. The number of anilines is 2. The van der Waals surface area contributed by atoms with Crippen LogP contribution in [0.25, 0.3) is 66.1 Å². The highest BCUT2D eigenvalue weighted by molar-refractivity contribution is 6.21. The molecule has 0 spiro atoms. The monoisotopic (exact) mass is 1240 g/mol. The van der Waals surface area contributed by atoms with Crippen molar-refractivity contribution in [1.29, 1.82) is 5.26 Å². The predicted molar refractivity (Wildman–Crippen MR) is 322 cm³/mol. The molecule has 0 bridgehead atoms. The number of fused-ring (bicyclic) bond motifs is 4. The number of benzene rings is 7. The summed E-state index contributed by atoms with van der Waals surface area (Å²) in [7, 11) is 4.12. The van der Waals surface area contributed by atoms with Crippen LogP contribution >= 0.6 is 0 Å². The van der Waals surface area contributed by atoms with E-state index in [9.17, 15) is 54.4 Å². The maximum absolute atomic E-state index is 14.2. The molecule has 0 fully saturated rings. The largest absolute Gasteiger partial charge is 0.495 e. The molecule has 24 heteroatoms. The fourth-order valence-electron chi connectivity index (χ4n) is 10.8. The Morgan fingerprint density at radius 2 is 0.857 bits per heavy atom. The summed E-state index contributed by atoms with van der Waals surface area (Å²) in [4.78, 5) is 48.8. The number of nitrogens with two attached hydrogens (primary N) is 2. The number of nitrogens with one attached hydrogen (secondary N) is 1. The Morgan fingerprint density at radius 3 is 1.23 bits per heavy atom. The molecule has 2 amide bonds. The second-order valence-corrected chi connectivity index (χ2v) is 20.6. The third-order valence-electron chi connectivity index (χ3n) is 14.6. The maximum atomic E-state index is 14.2. The quantitative estimate of drug-likeness (QED) is 0.0766. The first kappa shape index (κ1) is 62.8. The SMILES string of the molecule is COc1c(-c2cc(F)cc(F)c2)c(C(C)N2C(=O)c3ccccc3C2=O)nc2ccc(F)cc12.COc1c(-c2cc(F)cc(F)c2)c([C@H](C)N)nc2ccc(F)cc12.COc1c(-c2cc(F)cc(F)c2)c([C@H](C)Nc2ncnc(N)c2C#N)nc2ccc(F)cc12. The van der Waals surface area contributed by atoms with Gasteiger partial charge in [-0.1, -0.05) is 12.1 Å². The first-order valence-electron chi connectivity index (χ1n) is 27.4. The minimum atomic E-state index is -0.933. The molecule has 0 saturated heterocycles. The summed E-state index contributed by atoms with van der Waals surface area (Å²) >= 11 is 0. The molecule has 0 aliphatic carbocycles. The van der Waals surface area contributed by atoms with Crippen molar-refractivity contribution in [2.75, 3.05) is 32.4 Å². The van der Waals surface area contributed by atoms with Gasteiger partial charge in [-0.3, -0.25) is 19.5 Å². The van der Waals surface area contributed by atoms with Crippen LogP contribution in [0.3, 0.4) is 0 Å². The number of carbonyl (C=O) groups is 2. The van der Waals surface area contributed by atoms with E-state index in [0.29, 0.717) is 44.3 Å². The van der Waals surface area contributed by atoms with Crippen LogP contribution in [0.2, 0.25) is 0 Å². The minimum absolute atomic E-state index is 0.00542. The van der Waals surface area contributed by atoms with E-state index in [4.69, 9.17) is 25.7 Å². The van der Waals surface area contributed by atoms with Gasteiger partial charge in [-0.15, -0.1) is 0 Å². The fourth-order valence-corrected chi connectivity index (χ4v) is 10.8. The van der Waals surface area contributed by atoms with Crippen LogP contribution in [-0.4, -0.2) is 63.0 Å². The van der Waals surface area contributed by atoms with Crippen molar-refractivity contribution in [1.82, 2.24) is 29.8 Å². The number of amides is 2. The van der Waals surface area contributed by atoms with Gasteiger partial charge < -0.3 is 31.0 Å². The van der Waals surface area contributed by atoms with Crippen LogP contribution in [0.4, 0.5) is 51.1 Å². The average Bonchev–Trinajstić information content (AvgIpc) is 1.61. The Morgan fingerprint density at radius 1 is 0.495 bits per heavy atom. The molecule has 15 nitrogen and oxygen atoms in total. The molecule has 1 unspecified atom stereocenters. The second-order valence-electron chi connectivity index (χ2n) is 20.6. The molecule has 0 radical (unpaired) electrons. The minimum Gasteiger partial charge on any atom is -0.495 e. The molecule has 12 rings (SSSR count). The van der Waals surface area contributed by atoms with Gasteiger partial charge in [0.05, 0.1) is 78.2 Å². The van der Waals surface area contributed by atoms with Crippen LogP contribution in [0.1, 0.15) is 82.3 Å². The molecule has 460 valence electrons. The average molecular weight is 1250 g/mol. The first-order chi connectivity index (χ1) is 43.5. The van der Waals surface area contributed by atoms with Gasteiger partial charge in [0.2, 0.25) is 0 Å². The Kier molecular flexibility index (Phi) is 17.9. The predicted octanol–water partition coefficient (Wildman–Crippen LogP) is 14.8. The third kappa shape index (κ3) is 12.5. The van der Waals surface area contributed by atoms with Crippen LogP contribution in [0.5, 0.6) is 17.2 Å². The highest BCUT2D eigenvalue weighted by Crippen LogP contribution is 2.46. The van der Waals surface area contributed by atoms with E-state index in [0.717, 1.165) is 47.4 Å². The van der Waals surface area contributed by atoms with Gasteiger partial charge in [-0.2, -0.15) is 5.26 Å². The Hall–Kier alpha value is -11.2. The number of imide groups is 1. The van der Waals surface area contributed by atoms with Crippen molar-refractivity contribution >= 4 is 56.2 Å². The Bertz CT molecular complexity index is 4690. The number of methoxy groups -OCH3 is 3. The van der Waals surface area contributed by atoms with Crippen LogP contribution in [0, 0.1) is 63.7 Å². The van der Waals surface area contributed by atoms with Gasteiger partial charge in [-0.25, -0.2) is 59.4 Å². The summed E-state index contributed by atoms with van der Waals surface area (Å²) in [5.74, 6) is -6.56. The smallest absolute Gasteiger partial charge is 0.262 e. The van der Waals surface area contributed by atoms with E-state index in [1.807, 2.05) is 6.07 Å².